The molecule has 7 heteroatoms. The molecule has 2 N–H and O–H groups in total. The summed E-state index contributed by atoms with van der Waals surface area (Å²) in [5.74, 6) is -3.82. The largest absolute Gasteiger partial charge is 0.477 e. The third kappa shape index (κ3) is 2.83. The van der Waals surface area contributed by atoms with E-state index in [4.69, 9.17) is 5.11 Å². The Bertz CT molecular complexity index is 276. The van der Waals surface area contributed by atoms with Crippen LogP contribution in [0.3, 0.4) is 0 Å². The normalized spacial score (nSPS) is 24.1. The van der Waals surface area contributed by atoms with Gasteiger partial charge in [-0.1, -0.05) is 4.31 Å². The van der Waals surface area contributed by atoms with E-state index < -0.39 is 28.0 Å². The van der Waals surface area contributed by atoms with Crippen LogP contribution in [-0.4, -0.2) is 43.7 Å². The fraction of sp³-hybridized carbons (Fsp3) is 0.889. The molecule has 0 aliphatic carbocycles. The highest BCUT2D eigenvalue weighted by Gasteiger charge is 2.53. The molecule has 1 heterocycles. The van der Waals surface area contributed by atoms with Gasteiger partial charge in [0.2, 0.25) is 0 Å². The van der Waals surface area contributed by atoms with Crippen molar-refractivity contribution in [3.8, 4) is 0 Å². The number of hydrogen-bond acceptors (Lipinski definition) is 3. The first-order valence-electron chi connectivity index (χ1n) is 4.96. The van der Waals surface area contributed by atoms with Gasteiger partial charge < -0.3 is 5.11 Å². The Morgan fingerprint density at radius 2 is 1.81 bits per heavy atom. The number of carboxylic acid groups (broad SMARTS) is 1. The van der Waals surface area contributed by atoms with Crippen molar-refractivity contribution in [1.82, 2.24) is 4.31 Å². The van der Waals surface area contributed by atoms with Crippen molar-refractivity contribution in [3.05, 3.63) is 0 Å². The molecule has 1 atom stereocenters. The summed E-state index contributed by atoms with van der Waals surface area (Å²) in [6.07, 6.45) is -0.653. The summed E-state index contributed by atoms with van der Waals surface area (Å²) >= 11 is -1.53. The van der Waals surface area contributed by atoms with Crippen LogP contribution in [0, 0.1) is 0 Å². The molecular formula is C9H16F2NO3S+. The van der Waals surface area contributed by atoms with Crippen LogP contribution in [0.2, 0.25) is 0 Å². The summed E-state index contributed by atoms with van der Waals surface area (Å²) in [5, 5.41) is 8.92. The summed E-state index contributed by atoms with van der Waals surface area (Å²) in [4.78, 5) is 10.9. The van der Waals surface area contributed by atoms with E-state index in [1.165, 1.54) is 18.2 Å². The van der Waals surface area contributed by atoms with E-state index in [2.05, 4.69) is 0 Å². The van der Waals surface area contributed by atoms with Crippen LogP contribution in [0.25, 0.3) is 0 Å². The lowest BCUT2D eigenvalue weighted by Gasteiger charge is -2.30. The van der Waals surface area contributed by atoms with Gasteiger partial charge in [0.1, 0.15) is 0 Å². The van der Waals surface area contributed by atoms with Gasteiger partial charge in [0.05, 0.1) is 13.1 Å². The SMILES string of the molecule is CC(C)(C(=O)O)[S+](O)N1CCC(F)(F)CC1. The van der Waals surface area contributed by atoms with E-state index in [1.807, 2.05) is 0 Å². The van der Waals surface area contributed by atoms with Gasteiger partial charge in [-0.15, -0.1) is 0 Å². The number of carboxylic acids is 1. The first kappa shape index (κ1) is 13.7. The lowest BCUT2D eigenvalue weighted by Crippen LogP contribution is -2.52. The minimum atomic E-state index is -2.69. The molecule has 1 unspecified atom stereocenters. The fourth-order valence-corrected chi connectivity index (χ4v) is 2.72. The first-order valence-corrected chi connectivity index (χ1v) is 6.10. The lowest BCUT2D eigenvalue weighted by molar-refractivity contribution is -0.139. The summed E-state index contributed by atoms with van der Waals surface area (Å²) < 4.78 is 35.7. The van der Waals surface area contributed by atoms with Crippen LogP contribution < -0.4 is 0 Å². The quantitative estimate of drug-likeness (QED) is 0.753. The van der Waals surface area contributed by atoms with E-state index >= 15 is 0 Å². The minimum Gasteiger partial charge on any atom is -0.477 e. The van der Waals surface area contributed by atoms with Crippen LogP contribution in [0.15, 0.2) is 0 Å². The molecule has 0 spiro atoms. The van der Waals surface area contributed by atoms with Crippen LogP contribution in [0.4, 0.5) is 8.78 Å². The third-order valence-electron chi connectivity index (χ3n) is 2.67. The number of hydrogen-bond donors (Lipinski definition) is 2. The van der Waals surface area contributed by atoms with Crippen LogP contribution in [-0.2, 0) is 16.2 Å². The maximum atomic E-state index is 12.9. The van der Waals surface area contributed by atoms with Gasteiger partial charge in [0, 0.05) is 26.7 Å². The first-order chi connectivity index (χ1) is 7.17. The number of carbonyl (C=O) groups is 1. The average molecular weight is 256 g/mol. The Labute approximate surface area is 95.9 Å². The van der Waals surface area contributed by atoms with E-state index in [0.29, 0.717) is 0 Å². The van der Waals surface area contributed by atoms with Crippen LogP contribution in [0.1, 0.15) is 26.7 Å². The molecule has 0 saturated carbocycles. The smallest absolute Gasteiger partial charge is 0.365 e. The monoisotopic (exact) mass is 256 g/mol. The average Bonchev–Trinajstić information content (AvgIpc) is 2.16. The minimum absolute atomic E-state index is 0.0311. The lowest BCUT2D eigenvalue weighted by atomic mass is 10.1. The zero-order valence-corrected chi connectivity index (χ0v) is 10.1. The van der Waals surface area contributed by atoms with E-state index in [1.54, 1.807) is 0 Å². The molecule has 0 amide bonds. The molecule has 1 rings (SSSR count). The van der Waals surface area contributed by atoms with Crippen molar-refractivity contribution in [2.75, 3.05) is 13.1 Å². The molecule has 0 bridgehead atoms. The highest BCUT2D eigenvalue weighted by atomic mass is 32.2. The number of rotatable bonds is 3. The van der Waals surface area contributed by atoms with E-state index in [-0.39, 0.29) is 25.9 Å². The van der Waals surface area contributed by atoms with Crippen molar-refractivity contribution < 1.29 is 23.2 Å². The van der Waals surface area contributed by atoms with Gasteiger partial charge in [-0.25, -0.2) is 13.6 Å². The maximum Gasteiger partial charge on any atom is 0.365 e. The number of nitrogens with zero attached hydrogens (tertiary/aromatic N) is 1. The van der Waals surface area contributed by atoms with Gasteiger partial charge in [-0.3, -0.25) is 0 Å². The Balaban J connectivity index is 2.64. The van der Waals surface area contributed by atoms with E-state index in [0.717, 1.165) is 0 Å². The Kier molecular flexibility index (Phi) is 3.81. The second-order valence-electron chi connectivity index (χ2n) is 4.36. The Morgan fingerprint density at radius 3 is 2.19 bits per heavy atom. The van der Waals surface area contributed by atoms with Crippen molar-refractivity contribution in [3.63, 3.8) is 0 Å². The zero-order chi connectivity index (χ0) is 12.6. The molecule has 94 valence electrons. The van der Waals surface area contributed by atoms with Crippen molar-refractivity contribution in [2.24, 2.45) is 0 Å². The van der Waals surface area contributed by atoms with Gasteiger partial charge in [-0.2, -0.15) is 4.55 Å². The second-order valence-corrected chi connectivity index (χ2v) is 6.43. The van der Waals surface area contributed by atoms with Crippen LogP contribution >= 0.6 is 0 Å². The number of aliphatic carboxylic acids is 1. The van der Waals surface area contributed by atoms with Gasteiger partial charge in [0.15, 0.2) is 0 Å². The highest BCUT2D eigenvalue weighted by Crippen LogP contribution is 2.32. The zero-order valence-electron chi connectivity index (χ0n) is 9.24. The topological polar surface area (TPSA) is 60.8 Å². The van der Waals surface area contributed by atoms with Crippen molar-refractivity contribution in [1.29, 1.82) is 0 Å². The molecule has 0 aromatic rings. The van der Waals surface area contributed by atoms with Gasteiger partial charge >= 0.3 is 5.97 Å². The number of halogens is 2. The van der Waals surface area contributed by atoms with Crippen LogP contribution in [0.5, 0.6) is 0 Å². The molecule has 1 aliphatic rings. The molecule has 1 saturated heterocycles. The molecule has 1 fully saturated rings. The summed E-state index contributed by atoms with van der Waals surface area (Å²) in [7, 11) is 0. The second kappa shape index (κ2) is 4.46. The van der Waals surface area contributed by atoms with Gasteiger partial charge in [0.25, 0.3) is 22.0 Å². The standard InChI is InChI=1S/C9H15F2NO3S/c1-8(2,7(13)14)16(15)12-5-3-9(10,11)4-6-12/h15H,3-6H2,1-2H3/p+1. The predicted molar refractivity (Wildman–Crippen MR) is 57.5 cm³/mol. The molecule has 0 aromatic heterocycles. The van der Waals surface area contributed by atoms with E-state index in [9.17, 15) is 18.1 Å². The third-order valence-corrected chi connectivity index (χ3v) is 4.61. The fourth-order valence-electron chi connectivity index (χ4n) is 1.39. The maximum absolute atomic E-state index is 12.9. The van der Waals surface area contributed by atoms with Crippen molar-refractivity contribution in [2.45, 2.75) is 37.4 Å². The highest BCUT2D eigenvalue weighted by molar-refractivity contribution is 7.91. The Morgan fingerprint density at radius 1 is 1.38 bits per heavy atom. The Hall–Kier alpha value is -0.400. The molecule has 16 heavy (non-hydrogen) atoms. The number of alkyl halides is 2. The van der Waals surface area contributed by atoms with Gasteiger partial charge in [-0.05, 0) is 0 Å². The molecular weight excluding hydrogens is 240 g/mol. The molecule has 0 aromatic carbocycles. The summed E-state index contributed by atoms with van der Waals surface area (Å²) in [6, 6.07) is 0. The molecule has 1 aliphatic heterocycles. The number of piperidine rings is 1. The van der Waals surface area contributed by atoms with Crippen molar-refractivity contribution >= 4 is 17.3 Å². The molecule has 0 radical (unpaired) electrons. The summed E-state index contributed by atoms with van der Waals surface area (Å²) in [6.45, 7) is 2.85. The predicted octanol–water partition coefficient (Wildman–Crippen LogP) is 1.59. The summed E-state index contributed by atoms with van der Waals surface area (Å²) in [5.41, 5.74) is 0. The molecule has 4 nitrogen and oxygen atoms in total.